The molecule has 180 valence electrons. The number of hydrogen-bond donors (Lipinski definition) is 2. The number of aryl methyl sites for hydroxylation is 1. The lowest BCUT2D eigenvalue weighted by molar-refractivity contribution is -0.121. The molecule has 6 nitrogen and oxygen atoms in total. The van der Waals surface area contributed by atoms with Gasteiger partial charge in [0.05, 0.1) is 17.1 Å². The summed E-state index contributed by atoms with van der Waals surface area (Å²) in [5, 5.41) is 9.12. The quantitative estimate of drug-likeness (QED) is 0.553. The van der Waals surface area contributed by atoms with Gasteiger partial charge in [0.15, 0.2) is 5.13 Å². The second kappa shape index (κ2) is 10.8. The predicted octanol–water partition coefficient (Wildman–Crippen LogP) is 4.93. The molecule has 1 aliphatic heterocycles. The summed E-state index contributed by atoms with van der Waals surface area (Å²) < 4.78 is 0. The van der Waals surface area contributed by atoms with Crippen molar-refractivity contribution in [3.8, 4) is 0 Å². The van der Waals surface area contributed by atoms with E-state index >= 15 is 0 Å². The maximum atomic E-state index is 12.4. The van der Waals surface area contributed by atoms with E-state index in [1.165, 1.54) is 68.6 Å². The predicted molar refractivity (Wildman–Crippen MR) is 136 cm³/mol. The van der Waals surface area contributed by atoms with Gasteiger partial charge >= 0.3 is 0 Å². The van der Waals surface area contributed by atoms with Gasteiger partial charge in [-0.05, 0) is 70.8 Å². The van der Waals surface area contributed by atoms with E-state index in [0.717, 1.165) is 46.7 Å². The van der Waals surface area contributed by atoms with Crippen LogP contribution in [-0.4, -0.2) is 45.9 Å². The van der Waals surface area contributed by atoms with Crippen LogP contribution in [0.2, 0.25) is 0 Å². The Morgan fingerprint density at radius 1 is 1.12 bits per heavy atom. The van der Waals surface area contributed by atoms with E-state index in [-0.39, 0.29) is 5.91 Å². The van der Waals surface area contributed by atoms with E-state index in [0.29, 0.717) is 18.5 Å². The first-order valence-corrected chi connectivity index (χ1v) is 14.4. The maximum absolute atomic E-state index is 12.4. The summed E-state index contributed by atoms with van der Waals surface area (Å²) >= 11 is 3.51. The van der Waals surface area contributed by atoms with Gasteiger partial charge in [-0.15, -0.1) is 22.7 Å². The fourth-order valence-corrected chi connectivity index (χ4v) is 7.46. The summed E-state index contributed by atoms with van der Waals surface area (Å²) in [6.45, 7) is 5.34. The minimum absolute atomic E-state index is 0.149. The highest BCUT2D eigenvalue weighted by atomic mass is 32.1. The highest BCUT2D eigenvalue weighted by molar-refractivity contribution is 7.15. The summed E-state index contributed by atoms with van der Waals surface area (Å²) in [5.74, 6) is 0.940. The van der Waals surface area contributed by atoms with E-state index < -0.39 is 0 Å². The van der Waals surface area contributed by atoms with Crippen LogP contribution in [0.3, 0.4) is 0 Å². The molecule has 2 aliphatic carbocycles. The van der Waals surface area contributed by atoms with Crippen LogP contribution in [0.15, 0.2) is 6.20 Å². The molecule has 3 heterocycles. The fourth-order valence-electron chi connectivity index (χ4n) is 5.63. The van der Waals surface area contributed by atoms with Crippen LogP contribution in [0.25, 0.3) is 0 Å². The van der Waals surface area contributed by atoms with E-state index in [9.17, 15) is 4.79 Å². The number of thiazole rings is 2. The third-order valence-corrected chi connectivity index (χ3v) is 9.56. The van der Waals surface area contributed by atoms with Crippen molar-refractivity contribution in [2.45, 2.75) is 96.2 Å². The molecule has 0 bridgehead atoms. The lowest BCUT2D eigenvalue weighted by Crippen LogP contribution is -2.39. The van der Waals surface area contributed by atoms with Crippen molar-refractivity contribution in [1.29, 1.82) is 0 Å². The molecule has 2 saturated carbocycles. The number of carbonyl (C=O) groups is 1. The molecular formula is C25H37N5OS2. The SMILES string of the molecule is Cc1ncc(CC(=O)NC2CCC(CCN3CCc4sc(NC5CCCC5)nc4C3)CC2)s1. The van der Waals surface area contributed by atoms with E-state index in [4.69, 9.17) is 4.98 Å². The molecular weight excluding hydrogens is 450 g/mol. The van der Waals surface area contributed by atoms with Crippen molar-refractivity contribution < 1.29 is 4.79 Å². The average molecular weight is 488 g/mol. The van der Waals surface area contributed by atoms with Gasteiger partial charge in [0, 0.05) is 41.1 Å². The zero-order valence-corrected chi connectivity index (χ0v) is 21.4. The normalized spacial score (nSPS) is 24.0. The summed E-state index contributed by atoms with van der Waals surface area (Å²) in [6.07, 6.45) is 14.7. The lowest BCUT2D eigenvalue weighted by atomic mass is 9.84. The Morgan fingerprint density at radius 3 is 2.70 bits per heavy atom. The minimum Gasteiger partial charge on any atom is -0.359 e. The molecule has 33 heavy (non-hydrogen) atoms. The molecule has 8 heteroatoms. The minimum atomic E-state index is 0.149. The largest absolute Gasteiger partial charge is 0.359 e. The van der Waals surface area contributed by atoms with Crippen LogP contribution >= 0.6 is 22.7 Å². The summed E-state index contributed by atoms with van der Waals surface area (Å²) in [4.78, 5) is 26.7. The molecule has 0 radical (unpaired) electrons. The van der Waals surface area contributed by atoms with Crippen LogP contribution in [0.4, 0.5) is 5.13 Å². The van der Waals surface area contributed by atoms with E-state index in [1.54, 1.807) is 11.3 Å². The Kier molecular flexibility index (Phi) is 7.62. The number of amides is 1. The molecule has 0 aromatic carbocycles. The molecule has 2 fully saturated rings. The second-order valence-electron chi connectivity index (χ2n) is 10.1. The Balaban J connectivity index is 1.01. The number of rotatable bonds is 8. The lowest BCUT2D eigenvalue weighted by Gasteiger charge is -2.32. The number of fused-ring (bicyclic) bond motifs is 1. The zero-order chi connectivity index (χ0) is 22.6. The molecule has 0 spiro atoms. The first-order valence-electron chi connectivity index (χ1n) is 12.8. The van der Waals surface area contributed by atoms with Gasteiger partial charge in [0.1, 0.15) is 0 Å². The van der Waals surface area contributed by atoms with E-state index in [2.05, 4.69) is 20.5 Å². The number of hydrogen-bond acceptors (Lipinski definition) is 7. The van der Waals surface area contributed by atoms with Crippen molar-refractivity contribution in [2.75, 3.05) is 18.4 Å². The number of anilines is 1. The number of nitrogens with one attached hydrogen (secondary N) is 2. The van der Waals surface area contributed by atoms with Gasteiger partial charge in [0.2, 0.25) is 5.91 Å². The number of carbonyl (C=O) groups excluding carboxylic acids is 1. The number of nitrogens with zero attached hydrogens (tertiary/aromatic N) is 3. The summed E-state index contributed by atoms with van der Waals surface area (Å²) in [6, 6.07) is 0.992. The van der Waals surface area contributed by atoms with Crippen molar-refractivity contribution in [3.05, 3.63) is 26.7 Å². The van der Waals surface area contributed by atoms with Gasteiger partial charge in [-0.3, -0.25) is 9.69 Å². The van der Waals surface area contributed by atoms with Crippen molar-refractivity contribution in [3.63, 3.8) is 0 Å². The summed E-state index contributed by atoms with van der Waals surface area (Å²) in [5.41, 5.74) is 1.31. The zero-order valence-electron chi connectivity index (χ0n) is 19.8. The van der Waals surface area contributed by atoms with Gasteiger partial charge < -0.3 is 10.6 Å². The van der Waals surface area contributed by atoms with Crippen molar-refractivity contribution in [2.24, 2.45) is 5.92 Å². The third kappa shape index (κ3) is 6.34. The van der Waals surface area contributed by atoms with Crippen LogP contribution in [0.5, 0.6) is 0 Å². The fraction of sp³-hybridized carbons (Fsp3) is 0.720. The highest BCUT2D eigenvalue weighted by Gasteiger charge is 2.26. The Hall–Kier alpha value is -1.51. The summed E-state index contributed by atoms with van der Waals surface area (Å²) in [7, 11) is 0. The van der Waals surface area contributed by atoms with Crippen LogP contribution in [-0.2, 0) is 24.2 Å². The Bertz CT molecular complexity index is 927. The first kappa shape index (κ1) is 23.2. The molecule has 2 aromatic heterocycles. The molecule has 0 atom stereocenters. The molecule has 1 amide bonds. The molecule has 2 aromatic rings. The first-order chi connectivity index (χ1) is 16.1. The molecule has 2 N–H and O–H groups in total. The smallest absolute Gasteiger partial charge is 0.225 e. The second-order valence-corrected chi connectivity index (χ2v) is 12.5. The van der Waals surface area contributed by atoms with Gasteiger partial charge in [-0.2, -0.15) is 0 Å². The van der Waals surface area contributed by atoms with Gasteiger partial charge in [0.25, 0.3) is 0 Å². The average Bonchev–Trinajstić information content (AvgIpc) is 3.54. The molecule has 0 unspecified atom stereocenters. The Morgan fingerprint density at radius 2 is 1.94 bits per heavy atom. The van der Waals surface area contributed by atoms with Gasteiger partial charge in [-0.25, -0.2) is 9.97 Å². The molecule has 0 saturated heterocycles. The van der Waals surface area contributed by atoms with Crippen LogP contribution < -0.4 is 10.6 Å². The van der Waals surface area contributed by atoms with Crippen molar-refractivity contribution in [1.82, 2.24) is 20.2 Å². The third-order valence-electron chi connectivity index (χ3n) is 7.56. The van der Waals surface area contributed by atoms with Crippen molar-refractivity contribution >= 4 is 33.7 Å². The molecule has 5 rings (SSSR count). The van der Waals surface area contributed by atoms with Gasteiger partial charge in [-0.1, -0.05) is 12.8 Å². The Labute approximate surface area is 205 Å². The maximum Gasteiger partial charge on any atom is 0.225 e. The highest BCUT2D eigenvalue weighted by Crippen LogP contribution is 2.32. The number of aromatic nitrogens is 2. The van der Waals surface area contributed by atoms with E-state index in [1.807, 2.05) is 24.5 Å². The molecule has 3 aliphatic rings. The monoisotopic (exact) mass is 487 g/mol. The topological polar surface area (TPSA) is 70.2 Å². The van der Waals surface area contributed by atoms with Crippen LogP contribution in [0.1, 0.15) is 78.2 Å². The van der Waals surface area contributed by atoms with Crippen LogP contribution in [0, 0.1) is 12.8 Å². The standard InChI is InChI=1S/C25H37N5OS2/c1-17-26-15-21(32-17)14-24(31)27-20-8-6-18(7-9-20)10-12-30-13-11-23-22(16-30)29-25(33-23)28-19-4-2-3-5-19/h15,18-20H,2-14,16H2,1H3,(H,27,31)(H,28,29).